The summed E-state index contributed by atoms with van der Waals surface area (Å²) in [4.78, 5) is 19.8. The minimum Gasteiger partial charge on any atom is -0.481 e. The van der Waals surface area contributed by atoms with Crippen LogP contribution < -0.4 is 4.90 Å². The molecule has 1 saturated heterocycles. The molecule has 1 aliphatic rings. The number of hydrogen-bond donors (Lipinski definition) is 1. The van der Waals surface area contributed by atoms with E-state index >= 15 is 0 Å². The van der Waals surface area contributed by atoms with E-state index in [2.05, 4.69) is 14.8 Å². The Morgan fingerprint density at radius 1 is 1.07 bits per heavy atom. The van der Waals surface area contributed by atoms with Crippen molar-refractivity contribution in [3.8, 4) is 0 Å². The lowest BCUT2D eigenvalue weighted by Gasteiger charge is -2.34. The Morgan fingerprint density at radius 3 is 2.50 bits per heavy atom. The third kappa shape index (κ3) is 4.73. The molecule has 4 rings (SSSR count). The molecule has 158 valence electrons. The Morgan fingerprint density at radius 2 is 1.80 bits per heavy atom. The fourth-order valence-corrected chi connectivity index (χ4v) is 4.65. The molecule has 0 bridgehead atoms. The number of benzene rings is 2. The summed E-state index contributed by atoms with van der Waals surface area (Å²) < 4.78 is 39.3. The van der Waals surface area contributed by atoms with E-state index in [0.717, 1.165) is 61.1 Å². The van der Waals surface area contributed by atoms with Crippen molar-refractivity contribution in [2.75, 3.05) is 31.1 Å². The summed E-state index contributed by atoms with van der Waals surface area (Å²) in [6.45, 7) is 3.80. The van der Waals surface area contributed by atoms with Crippen LogP contribution in [-0.4, -0.2) is 47.1 Å². The van der Waals surface area contributed by atoms with Gasteiger partial charge in [-0.25, -0.2) is 4.98 Å². The summed E-state index contributed by atoms with van der Waals surface area (Å²) in [5.41, 5.74) is 1.79. The number of piperazine rings is 1. The molecule has 0 amide bonds. The maximum Gasteiger partial charge on any atom is 0.416 e. The van der Waals surface area contributed by atoms with E-state index in [-0.39, 0.29) is 6.42 Å². The zero-order valence-corrected chi connectivity index (χ0v) is 16.8. The third-order valence-electron chi connectivity index (χ3n) is 5.10. The van der Waals surface area contributed by atoms with Crippen molar-refractivity contribution in [2.45, 2.75) is 19.1 Å². The largest absolute Gasteiger partial charge is 0.481 e. The second-order valence-electron chi connectivity index (χ2n) is 7.33. The Hall–Kier alpha value is -2.65. The summed E-state index contributed by atoms with van der Waals surface area (Å²) in [5, 5.41) is 9.69. The molecule has 2 heterocycles. The highest BCUT2D eigenvalue weighted by Crippen LogP contribution is 2.35. The van der Waals surface area contributed by atoms with Gasteiger partial charge in [-0.05, 0) is 29.3 Å². The molecule has 0 radical (unpaired) electrons. The van der Waals surface area contributed by atoms with Crippen molar-refractivity contribution >= 4 is 32.7 Å². The molecule has 1 N–H and O–H groups in total. The lowest BCUT2D eigenvalue weighted by Crippen LogP contribution is -2.45. The van der Waals surface area contributed by atoms with Gasteiger partial charge in [0.05, 0.1) is 22.2 Å². The van der Waals surface area contributed by atoms with Crippen molar-refractivity contribution in [2.24, 2.45) is 0 Å². The quantitative estimate of drug-likeness (QED) is 0.649. The monoisotopic (exact) mass is 435 g/mol. The van der Waals surface area contributed by atoms with Crippen LogP contribution in [0.4, 0.5) is 18.3 Å². The van der Waals surface area contributed by atoms with E-state index in [1.165, 1.54) is 17.4 Å². The first-order valence-electron chi connectivity index (χ1n) is 9.52. The van der Waals surface area contributed by atoms with Gasteiger partial charge in [0.15, 0.2) is 5.13 Å². The minimum absolute atomic E-state index is 0.00920. The molecular weight excluding hydrogens is 415 g/mol. The van der Waals surface area contributed by atoms with Crippen LogP contribution in [0.1, 0.15) is 16.7 Å². The summed E-state index contributed by atoms with van der Waals surface area (Å²) in [5.74, 6) is -0.848. The van der Waals surface area contributed by atoms with Crippen LogP contribution in [-0.2, 0) is 23.9 Å². The zero-order chi connectivity index (χ0) is 21.3. The van der Waals surface area contributed by atoms with Gasteiger partial charge < -0.3 is 10.0 Å². The van der Waals surface area contributed by atoms with Crippen molar-refractivity contribution in [3.63, 3.8) is 0 Å². The van der Waals surface area contributed by atoms with Gasteiger partial charge >= 0.3 is 12.1 Å². The molecule has 1 aliphatic heterocycles. The average Bonchev–Trinajstić information content (AvgIpc) is 3.11. The van der Waals surface area contributed by atoms with E-state index < -0.39 is 17.7 Å². The Balaban J connectivity index is 1.39. The topological polar surface area (TPSA) is 56.7 Å². The number of anilines is 1. The number of halogens is 3. The normalized spacial score (nSPS) is 15.6. The third-order valence-corrected chi connectivity index (χ3v) is 6.18. The van der Waals surface area contributed by atoms with Crippen LogP contribution in [0.5, 0.6) is 0 Å². The zero-order valence-electron chi connectivity index (χ0n) is 16.0. The number of carboxylic acids is 1. The number of aliphatic carboxylic acids is 1. The first-order chi connectivity index (χ1) is 14.3. The van der Waals surface area contributed by atoms with Gasteiger partial charge in [-0.1, -0.05) is 35.6 Å². The van der Waals surface area contributed by atoms with Crippen LogP contribution in [0, 0.1) is 0 Å². The Kier molecular flexibility index (Phi) is 5.66. The number of carbonyl (C=O) groups is 1. The van der Waals surface area contributed by atoms with Crippen LogP contribution in [0.15, 0.2) is 42.5 Å². The highest BCUT2D eigenvalue weighted by molar-refractivity contribution is 7.22. The van der Waals surface area contributed by atoms with Crippen LogP contribution >= 0.6 is 11.3 Å². The lowest BCUT2D eigenvalue weighted by molar-refractivity contribution is -0.138. The van der Waals surface area contributed by atoms with Crippen molar-refractivity contribution < 1.29 is 23.1 Å². The molecule has 0 unspecified atom stereocenters. The summed E-state index contributed by atoms with van der Waals surface area (Å²) in [6, 6.07) is 11.3. The second-order valence-corrected chi connectivity index (χ2v) is 8.34. The molecule has 9 heteroatoms. The number of alkyl halides is 3. The maximum absolute atomic E-state index is 12.9. The summed E-state index contributed by atoms with van der Waals surface area (Å²) in [7, 11) is 0. The first kappa shape index (κ1) is 20.6. The molecule has 0 spiro atoms. The molecule has 0 saturated carbocycles. The SMILES string of the molecule is O=C(O)Cc1cccc(CN2CCN(c3nc4ccc(C(F)(F)F)cc4s3)CC2)c1. The predicted octanol–water partition coefficient (Wildman–Crippen LogP) is 4.26. The van der Waals surface area contributed by atoms with Gasteiger partial charge in [-0.2, -0.15) is 13.2 Å². The van der Waals surface area contributed by atoms with Crippen molar-refractivity contribution in [1.29, 1.82) is 0 Å². The molecule has 0 atom stereocenters. The lowest BCUT2D eigenvalue weighted by atomic mass is 10.1. The number of nitrogens with zero attached hydrogens (tertiary/aromatic N) is 3. The molecule has 1 aromatic heterocycles. The van der Waals surface area contributed by atoms with Gasteiger partial charge in [-0.3, -0.25) is 9.69 Å². The van der Waals surface area contributed by atoms with Crippen LogP contribution in [0.25, 0.3) is 10.2 Å². The fraction of sp³-hybridized carbons (Fsp3) is 0.333. The number of carboxylic acid groups (broad SMARTS) is 1. The summed E-state index contributed by atoms with van der Waals surface area (Å²) >= 11 is 1.29. The van der Waals surface area contributed by atoms with Gasteiger partial charge in [-0.15, -0.1) is 0 Å². The second kappa shape index (κ2) is 8.23. The highest BCUT2D eigenvalue weighted by atomic mass is 32.1. The average molecular weight is 435 g/mol. The fourth-order valence-electron chi connectivity index (χ4n) is 3.59. The molecule has 3 aromatic rings. The van der Waals surface area contributed by atoms with E-state index in [1.807, 2.05) is 24.3 Å². The number of rotatable bonds is 5. The van der Waals surface area contributed by atoms with Gasteiger partial charge in [0, 0.05) is 32.7 Å². The minimum atomic E-state index is -4.36. The standard InChI is InChI=1S/C21H20F3N3O2S/c22-21(23,24)16-4-5-17-18(12-16)30-20(25-17)27-8-6-26(7-9-27)13-15-3-1-2-14(10-15)11-19(28)29/h1-5,10,12H,6-9,11,13H2,(H,28,29). The van der Waals surface area contributed by atoms with Crippen molar-refractivity contribution in [1.82, 2.24) is 9.88 Å². The predicted molar refractivity (Wildman–Crippen MR) is 110 cm³/mol. The molecule has 2 aromatic carbocycles. The molecule has 30 heavy (non-hydrogen) atoms. The van der Waals surface area contributed by atoms with Gasteiger partial charge in [0.25, 0.3) is 0 Å². The van der Waals surface area contributed by atoms with Gasteiger partial charge in [0.2, 0.25) is 0 Å². The smallest absolute Gasteiger partial charge is 0.416 e. The highest BCUT2D eigenvalue weighted by Gasteiger charge is 2.31. The first-order valence-corrected chi connectivity index (χ1v) is 10.3. The van der Waals surface area contributed by atoms with E-state index in [4.69, 9.17) is 5.11 Å². The van der Waals surface area contributed by atoms with Gasteiger partial charge in [0.1, 0.15) is 0 Å². The molecule has 0 aliphatic carbocycles. The van der Waals surface area contributed by atoms with Crippen molar-refractivity contribution in [3.05, 3.63) is 59.2 Å². The molecule has 1 fully saturated rings. The summed E-state index contributed by atoms with van der Waals surface area (Å²) in [6.07, 6.45) is -4.35. The number of aromatic nitrogens is 1. The Bertz CT molecular complexity index is 1060. The number of fused-ring (bicyclic) bond motifs is 1. The maximum atomic E-state index is 12.9. The molecular formula is C21H20F3N3O2S. The Labute approximate surface area is 175 Å². The van der Waals surface area contributed by atoms with Crippen LogP contribution in [0.3, 0.4) is 0 Å². The van der Waals surface area contributed by atoms with Crippen LogP contribution in [0.2, 0.25) is 0 Å². The number of thiazole rings is 1. The number of hydrogen-bond acceptors (Lipinski definition) is 5. The molecule has 5 nitrogen and oxygen atoms in total. The van der Waals surface area contributed by atoms with E-state index in [0.29, 0.717) is 10.2 Å². The van der Waals surface area contributed by atoms with E-state index in [9.17, 15) is 18.0 Å². The van der Waals surface area contributed by atoms with E-state index in [1.54, 1.807) is 0 Å².